The quantitative estimate of drug-likeness (QED) is 0.468. The average molecular weight is 503 g/mol. The van der Waals surface area contributed by atoms with Crippen molar-refractivity contribution in [2.45, 2.75) is 74.5 Å². The van der Waals surface area contributed by atoms with Crippen LogP contribution in [-0.4, -0.2) is 23.5 Å². The third-order valence-corrected chi connectivity index (χ3v) is 8.69. The molecular weight excluding hydrogens is 477 g/mol. The van der Waals surface area contributed by atoms with Gasteiger partial charge < -0.3 is 4.57 Å². The maximum Gasteiger partial charge on any atom is 0.417 e. The van der Waals surface area contributed by atoms with E-state index in [9.17, 15) is 26.9 Å². The summed E-state index contributed by atoms with van der Waals surface area (Å²) in [6.07, 6.45) is 2.50. The Morgan fingerprint density at radius 1 is 1.14 bits per heavy atom. The van der Waals surface area contributed by atoms with Gasteiger partial charge in [0.25, 0.3) is 0 Å². The molecule has 1 N–H and O–H groups in total. The van der Waals surface area contributed by atoms with Gasteiger partial charge in [0.1, 0.15) is 11.7 Å². The van der Waals surface area contributed by atoms with E-state index in [0.717, 1.165) is 57.2 Å². The van der Waals surface area contributed by atoms with Crippen LogP contribution in [0, 0.1) is 11.3 Å². The van der Waals surface area contributed by atoms with E-state index in [1.807, 2.05) is 11.5 Å². The van der Waals surface area contributed by atoms with Crippen molar-refractivity contribution in [1.82, 2.24) is 14.3 Å². The Hall–Kier alpha value is -2.90. The molecular formula is C25H25F3N4O2S. The number of fused-ring (bicyclic) bond motifs is 1. The molecule has 2 saturated carbocycles. The molecule has 0 unspecified atom stereocenters. The van der Waals surface area contributed by atoms with Crippen molar-refractivity contribution in [1.29, 1.82) is 5.26 Å². The Labute approximate surface area is 201 Å². The molecule has 0 bridgehead atoms. The van der Waals surface area contributed by atoms with Crippen LogP contribution in [0.1, 0.15) is 69.0 Å². The minimum Gasteiger partial charge on any atom is -0.321 e. The van der Waals surface area contributed by atoms with Gasteiger partial charge in [-0.25, -0.2) is 18.1 Å². The van der Waals surface area contributed by atoms with Crippen molar-refractivity contribution in [3.63, 3.8) is 0 Å². The fourth-order valence-electron chi connectivity index (χ4n) is 4.90. The molecule has 0 amide bonds. The molecule has 35 heavy (non-hydrogen) atoms. The topological polar surface area (TPSA) is 87.8 Å². The second-order valence-electron chi connectivity index (χ2n) is 9.78. The molecule has 184 valence electrons. The zero-order valence-corrected chi connectivity index (χ0v) is 20.0. The number of pyridine rings is 1. The average Bonchev–Trinajstić information content (AvgIpc) is 3.44. The highest BCUT2D eigenvalue weighted by atomic mass is 32.2. The van der Waals surface area contributed by atoms with Crippen molar-refractivity contribution in [3.05, 3.63) is 47.7 Å². The van der Waals surface area contributed by atoms with E-state index in [1.54, 1.807) is 12.1 Å². The first-order valence-electron chi connectivity index (χ1n) is 11.7. The Balaban J connectivity index is 1.66. The molecule has 2 aliphatic carbocycles. The number of aromatic nitrogens is 2. The molecule has 2 aromatic heterocycles. The molecule has 3 aromatic rings. The fraction of sp³-hybridized carbons (Fsp3) is 0.440. The first-order valence-corrected chi connectivity index (χ1v) is 13.2. The number of alkyl halides is 3. The zero-order valence-electron chi connectivity index (χ0n) is 19.2. The Morgan fingerprint density at radius 2 is 1.80 bits per heavy atom. The molecule has 10 heteroatoms. The number of sulfonamides is 1. The van der Waals surface area contributed by atoms with Gasteiger partial charge in [-0.05, 0) is 56.4 Å². The van der Waals surface area contributed by atoms with E-state index >= 15 is 0 Å². The number of hydrogen-bond donors (Lipinski definition) is 1. The van der Waals surface area contributed by atoms with Gasteiger partial charge in [0.2, 0.25) is 10.0 Å². The molecule has 2 fully saturated rings. The summed E-state index contributed by atoms with van der Waals surface area (Å²) in [5.74, 6) is 0. The minimum atomic E-state index is -4.58. The summed E-state index contributed by atoms with van der Waals surface area (Å²) in [6, 6.07) is 9.26. The summed E-state index contributed by atoms with van der Waals surface area (Å²) in [4.78, 5) is 4.27. The molecule has 0 atom stereocenters. The summed E-state index contributed by atoms with van der Waals surface area (Å²) in [7, 11) is -3.71. The van der Waals surface area contributed by atoms with Gasteiger partial charge in [-0.2, -0.15) is 18.4 Å². The number of nitrogens with one attached hydrogen (secondary N) is 1. The molecule has 2 heterocycles. The number of halogens is 3. The maximum absolute atomic E-state index is 13.4. The molecule has 0 radical (unpaired) electrons. The summed E-state index contributed by atoms with van der Waals surface area (Å²) in [5.41, 5.74) is 0.179. The van der Waals surface area contributed by atoms with Gasteiger partial charge in [0.15, 0.2) is 0 Å². The smallest absolute Gasteiger partial charge is 0.321 e. The lowest BCUT2D eigenvalue weighted by Crippen LogP contribution is -2.34. The monoisotopic (exact) mass is 502 g/mol. The molecule has 1 aromatic carbocycles. The highest BCUT2D eigenvalue weighted by Gasteiger charge is 2.41. The van der Waals surface area contributed by atoms with Crippen molar-refractivity contribution in [3.8, 4) is 17.3 Å². The van der Waals surface area contributed by atoms with Crippen LogP contribution in [0.3, 0.4) is 0 Å². The van der Waals surface area contributed by atoms with Crippen LogP contribution >= 0.6 is 0 Å². The molecule has 0 saturated heterocycles. The van der Waals surface area contributed by atoms with Crippen molar-refractivity contribution in [2.24, 2.45) is 0 Å². The lowest BCUT2D eigenvalue weighted by Gasteiger charge is -2.26. The van der Waals surface area contributed by atoms with Crippen molar-refractivity contribution in [2.75, 3.05) is 0 Å². The highest BCUT2D eigenvalue weighted by Crippen LogP contribution is 2.42. The molecule has 0 spiro atoms. The molecule has 2 aliphatic rings. The van der Waals surface area contributed by atoms with Crippen LogP contribution in [0.4, 0.5) is 13.2 Å². The van der Waals surface area contributed by atoms with Crippen LogP contribution < -0.4 is 4.72 Å². The first-order chi connectivity index (χ1) is 16.5. The van der Waals surface area contributed by atoms with Crippen LogP contribution in [0.15, 0.2) is 41.4 Å². The molecule has 6 nitrogen and oxygen atoms in total. The van der Waals surface area contributed by atoms with E-state index < -0.39 is 27.3 Å². The SMILES string of the molecule is CC1(NS(=O)(=O)c2ccc(-c3c(C#N)c4cc(C(F)(F)F)cnc4n3C3CCCCC3)cc2)CC1. The van der Waals surface area contributed by atoms with Gasteiger partial charge in [-0.1, -0.05) is 31.4 Å². The normalized spacial score (nSPS) is 18.5. The van der Waals surface area contributed by atoms with Crippen LogP contribution in [0.2, 0.25) is 0 Å². The predicted octanol–water partition coefficient (Wildman–Crippen LogP) is 5.93. The Kier molecular flexibility index (Phi) is 5.68. The highest BCUT2D eigenvalue weighted by molar-refractivity contribution is 7.89. The number of hydrogen-bond acceptors (Lipinski definition) is 4. The van der Waals surface area contributed by atoms with E-state index in [-0.39, 0.29) is 21.9 Å². The predicted molar refractivity (Wildman–Crippen MR) is 125 cm³/mol. The van der Waals surface area contributed by atoms with Crippen molar-refractivity contribution >= 4 is 21.1 Å². The van der Waals surface area contributed by atoms with Crippen molar-refractivity contribution < 1.29 is 21.6 Å². The summed E-state index contributed by atoms with van der Waals surface area (Å²) in [6.45, 7) is 1.85. The van der Waals surface area contributed by atoms with Gasteiger partial charge in [-0.15, -0.1) is 0 Å². The number of nitriles is 1. The van der Waals surface area contributed by atoms with Crippen LogP contribution in [-0.2, 0) is 16.2 Å². The number of rotatable bonds is 5. The number of benzene rings is 1. The molecule has 5 rings (SSSR count). The second kappa shape index (κ2) is 8.35. The third kappa shape index (κ3) is 4.43. The third-order valence-electron chi connectivity index (χ3n) is 7.04. The summed E-state index contributed by atoms with van der Waals surface area (Å²) >= 11 is 0. The van der Waals surface area contributed by atoms with Gasteiger partial charge >= 0.3 is 6.18 Å². The van der Waals surface area contributed by atoms with E-state index in [0.29, 0.717) is 16.9 Å². The summed E-state index contributed by atoms with van der Waals surface area (Å²) < 4.78 is 70.4. The number of nitrogens with zero attached hydrogens (tertiary/aromatic N) is 3. The van der Waals surface area contributed by atoms with E-state index in [1.165, 1.54) is 12.1 Å². The minimum absolute atomic E-state index is 0.00696. The zero-order chi connectivity index (χ0) is 25.0. The Morgan fingerprint density at radius 3 is 2.37 bits per heavy atom. The first kappa shape index (κ1) is 23.8. The van der Waals surface area contributed by atoms with Crippen LogP contribution in [0.25, 0.3) is 22.3 Å². The standard InChI is InChI=1S/C25H25F3N4O2S/c1-24(11-12-24)31-35(33,34)19-9-7-16(8-10-19)22-21(14-29)20-13-17(25(26,27)28)15-30-23(20)32(22)18-5-3-2-4-6-18/h7-10,13,15,18,31H,2-6,11-12H2,1H3. The lowest BCUT2D eigenvalue weighted by atomic mass is 9.94. The molecule has 0 aliphatic heterocycles. The maximum atomic E-state index is 13.4. The fourth-order valence-corrected chi connectivity index (χ4v) is 6.36. The summed E-state index contributed by atoms with van der Waals surface area (Å²) in [5, 5.41) is 10.2. The second-order valence-corrected chi connectivity index (χ2v) is 11.5. The van der Waals surface area contributed by atoms with Gasteiger partial charge in [0.05, 0.1) is 21.7 Å². The largest absolute Gasteiger partial charge is 0.417 e. The Bertz CT molecular complexity index is 1430. The van der Waals surface area contributed by atoms with E-state index in [2.05, 4.69) is 15.8 Å². The van der Waals surface area contributed by atoms with Gasteiger partial charge in [0, 0.05) is 23.2 Å². The van der Waals surface area contributed by atoms with E-state index in [4.69, 9.17) is 0 Å². The van der Waals surface area contributed by atoms with Gasteiger partial charge in [-0.3, -0.25) is 0 Å². The van der Waals surface area contributed by atoms with Crippen LogP contribution in [0.5, 0.6) is 0 Å². The lowest BCUT2D eigenvalue weighted by molar-refractivity contribution is -0.137.